The highest BCUT2D eigenvalue weighted by molar-refractivity contribution is 6.22. The molecule has 2 aromatic rings. The van der Waals surface area contributed by atoms with Crippen LogP contribution in [-0.4, -0.2) is 43.7 Å². The molecule has 7 nitrogen and oxygen atoms in total. The summed E-state index contributed by atoms with van der Waals surface area (Å²) >= 11 is 0. The molecule has 1 aliphatic heterocycles. The summed E-state index contributed by atoms with van der Waals surface area (Å²) in [6.45, 7) is 3.38. The molecular formula is C23H25NO6. The van der Waals surface area contributed by atoms with Crippen molar-refractivity contribution in [1.29, 1.82) is 0 Å². The summed E-state index contributed by atoms with van der Waals surface area (Å²) in [5.41, 5.74) is 3.01. The molecule has 30 heavy (non-hydrogen) atoms. The predicted octanol–water partition coefficient (Wildman–Crippen LogP) is 3.45. The molecule has 0 bridgehead atoms. The third kappa shape index (κ3) is 4.99. The van der Waals surface area contributed by atoms with Gasteiger partial charge in [0.05, 0.1) is 18.4 Å². The van der Waals surface area contributed by atoms with Crippen molar-refractivity contribution in [3.05, 3.63) is 59.5 Å². The highest BCUT2D eigenvalue weighted by Gasteiger charge is 2.20. The summed E-state index contributed by atoms with van der Waals surface area (Å²) < 4.78 is 16.7. The summed E-state index contributed by atoms with van der Waals surface area (Å²) in [7, 11) is 1.65. The van der Waals surface area contributed by atoms with Gasteiger partial charge in [-0.05, 0) is 60.4 Å². The van der Waals surface area contributed by atoms with Crippen molar-refractivity contribution in [2.24, 2.45) is 0 Å². The zero-order chi connectivity index (χ0) is 21.5. The van der Waals surface area contributed by atoms with Crippen LogP contribution in [0.4, 0.5) is 0 Å². The van der Waals surface area contributed by atoms with E-state index in [1.807, 2.05) is 18.2 Å². The van der Waals surface area contributed by atoms with Gasteiger partial charge < -0.3 is 24.3 Å². The van der Waals surface area contributed by atoms with Gasteiger partial charge in [-0.1, -0.05) is 0 Å². The van der Waals surface area contributed by atoms with Gasteiger partial charge in [-0.2, -0.15) is 0 Å². The van der Waals surface area contributed by atoms with Crippen LogP contribution in [0, 0.1) is 0 Å². The lowest BCUT2D eigenvalue weighted by Gasteiger charge is -2.18. The number of carboxylic acids is 1. The van der Waals surface area contributed by atoms with E-state index in [9.17, 15) is 14.7 Å². The number of ether oxygens (including phenoxy) is 2. The molecule has 0 fully saturated rings. The monoisotopic (exact) mass is 411 g/mol. The lowest BCUT2D eigenvalue weighted by Crippen LogP contribution is -2.19. The molecule has 1 aromatic carbocycles. The van der Waals surface area contributed by atoms with Gasteiger partial charge in [-0.25, -0.2) is 4.79 Å². The molecule has 0 spiro atoms. The van der Waals surface area contributed by atoms with Crippen molar-refractivity contribution in [1.82, 2.24) is 5.32 Å². The van der Waals surface area contributed by atoms with Gasteiger partial charge in [0.2, 0.25) is 0 Å². The van der Waals surface area contributed by atoms with E-state index in [1.54, 1.807) is 26.4 Å². The Morgan fingerprint density at radius 3 is 2.80 bits per heavy atom. The number of nitrogens with one attached hydrogen (secondary N) is 1. The van der Waals surface area contributed by atoms with Gasteiger partial charge in [-0.15, -0.1) is 0 Å². The Morgan fingerprint density at radius 1 is 1.27 bits per heavy atom. The first-order valence-electron chi connectivity index (χ1n) is 9.73. The van der Waals surface area contributed by atoms with Gasteiger partial charge in [0.15, 0.2) is 5.78 Å². The van der Waals surface area contributed by atoms with Crippen molar-refractivity contribution in [3.8, 4) is 17.1 Å². The van der Waals surface area contributed by atoms with Gasteiger partial charge in [0, 0.05) is 32.9 Å². The molecule has 0 saturated heterocycles. The van der Waals surface area contributed by atoms with E-state index in [-0.39, 0.29) is 5.57 Å². The topological polar surface area (TPSA) is 98.0 Å². The summed E-state index contributed by atoms with van der Waals surface area (Å²) in [6.07, 6.45) is 5.60. The summed E-state index contributed by atoms with van der Waals surface area (Å²) in [6, 6.07) is 7.55. The number of rotatable bonds is 7. The van der Waals surface area contributed by atoms with Crippen LogP contribution in [0.5, 0.6) is 5.75 Å². The zero-order valence-electron chi connectivity index (χ0n) is 17.1. The number of hydrogen-bond acceptors (Lipinski definition) is 6. The Labute approximate surface area is 175 Å². The van der Waals surface area contributed by atoms with E-state index in [0.29, 0.717) is 43.3 Å². The lowest BCUT2D eigenvalue weighted by atomic mass is 9.93. The summed E-state index contributed by atoms with van der Waals surface area (Å²) in [5, 5.41) is 12.2. The molecule has 7 heteroatoms. The number of carbonyl (C=O) groups excluding carboxylic acids is 1. The number of ketones is 1. The number of allylic oxidation sites excluding steroid dienone is 2. The average Bonchev–Trinajstić information content (AvgIpc) is 3.24. The molecule has 0 amide bonds. The molecular weight excluding hydrogens is 386 g/mol. The van der Waals surface area contributed by atoms with Gasteiger partial charge in [0.1, 0.15) is 17.1 Å². The van der Waals surface area contributed by atoms with Crippen LogP contribution >= 0.6 is 0 Å². The molecule has 2 N–H and O–H groups in total. The first kappa shape index (κ1) is 21.4. The minimum absolute atomic E-state index is 0.290. The molecule has 1 aromatic heterocycles. The number of methoxy groups -OCH3 is 1. The first-order chi connectivity index (χ1) is 14.5. The minimum atomic E-state index is -1.26. The van der Waals surface area contributed by atoms with Crippen molar-refractivity contribution in [2.75, 3.05) is 26.9 Å². The number of carbonyl (C=O) groups is 2. The van der Waals surface area contributed by atoms with Gasteiger partial charge >= 0.3 is 5.97 Å². The third-order valence-corrected chi connectivity index (χ3v) is 4.80. The van der Waals surface area contributed by atoms with Gasteiger partial charge in [-0.3, -0.25) is 4.79 Å². The maximum atomic E-state index is 12.5. The van der Waals surface area contributed by atoms with Crippen LogP contribution in [0.1, 0.15) is 24.5 Å². The molecule has 3 rings (SSSR count). The SMILES string of the molecule is COCCCOc1cc2c(cc1-c1ccco1)/C(C)=C/C(=O)/C(C(=O)O)=C\NCC2. The van der Waals surface area contributed by atoms with E-state index in [2.05, 4.69) is 5.32 Å². The molecule has 0 unspecified atom stereocenters. The Balaban J connectivity index is 2.05. The van der Waals surface area contributed by atoms with Crippen LogP contribution in [-0.2, 0) is 20.7 Å². The molecule has 0 saturated carbocycles. The number of benzene rings is 1. The third-order valence-electron chi connectivity index (χ3n) is 4.80. The second-order valence-electron chi connectivity index (χ2n) is 6.94. The Kier molecular flexibility index (Phi) is 7.08. The largest absolute Gasteiger partial charge is 0.493 e. The van der Waals surface area contributed by atoms with Crippen molar-refractivity contribution >= 4 is 17.3 Å². The summed E-state index contributed by atoms with van der Waals surface area (Å²) in [4.78, 5) is 23.8. The van der Waals surface area contributed by atoms with E-state index in [0.717, 1.165) is 23.1 Å². The molecule has 158 valence electrons. The number of hydrogen-bond donors (Lipinski definition) is 2. The van der Waals surface area contributed by atoms with Gasteiger partial charge in [0.25, 0.3) is 0 Å². The quantitative estimate of drug-likeness (QED) is 0.532. The number of fused-ring (bicyclic) bond motifs is 1. The normalized spacial score (nSPS) is 17.7. The number of carboxylic acid groups (broad SMARTS) is 1. The van der Waals surface area contributed by atoms with Crippen molar-refractivity contribution in [2.45, 2.75) is 19.8 Å². The highest BCUT2D eigenvalue weighted by Crippen LogP contribution is 2.36. The highest BCUT2D eigenvalue weighted by atomic mass is 16.5. The minimum Gasteiger partial charge on any atom is -0.493 e. The second kappa shape index (κ2) is 9.93. The fourth-order valence-electron chi connectivity index (χ4n) is 3.30. The van der Waals surface area contributed by atoms with Crippen LogP contribution in [0.25, 0.3) is 16.9 Å². The molecule has 1 aliphatic rings. The zero-order valence-corrected chi connectivity index (χ0v) is 17.1. The smallest absolute Gasteiger partial charge is 0.341 e. The van der Waals surface area contributed by atoms with Crippen molar-refractivity contribution in [3.63, 3.8) is 0 Å². The standard InChI is InChI=1S/C23H25NO6/c1-15-11-20(25)19(23(26)27)14-24-7-6-16-12-22(30-10-4-8-28-2)18(13-17(15)16)21-5-3-9-29-21/h3,5,9,11-14,24H,4,6-8,10H2,1-2H3,(H,26,27)/b15-11+,19-14+. The first-order valence-corrected chi connectivity index (χ1v) is 9.73. The summed E-state index contributed by atoms with van der Waals surface area (Å²) in [5.74, 6) is -0.467. The maximum Gasteiger partial charge on any atom is 0.341 e. The fraction of sp³-hybridized carbons (Fsp3) is 0.304. The molecule has 0 aliphatic carbocycles. The van der Waals surface area contributed by atoms with Crippen LogP contribution in [0.3, 0.4) is 0 Å². The average molecular weight is 411 g/mol. The Hall–Kier alpha value is -3.32. The predicted molar refractivity (Wildman–Crippen MR) is 112 cm³/mol. The molecule has 0 radical (unpaired) electrons. The fourth-order valence-corrected chi connectivity index (χ4v) is 3.30. The van der Waals surface area contributed by atoms with E-state index in [4.69, 9.17) is 13.9 Å². The van der Waals surface area contributed by atoms with Crippen LogP contribution in [0.15, 0.2) is 52.8 Å². The number of furan rings is 1. The second-order valence-corrected chi connectivity index (χ2v) is 6.94. The van der Waals surface area contributed by atoms with Crippen LogP contribution < -0.4 is 10.1 Å². The Bertz CT molecular complexity index is 972. The van der Waals surface area contributed by atoms with E-state index in [1.165, 1.54) is 12.3 Å². The van der Waals surface area contributed by atoms with Crippen molar-refractivity contribution < 1.29 is 28.6 Å². The van der Waals surface area contributed by atoms with E-state index < -0.39 is 11.8 Å². The lowest BCUT2D eigenvalue weighted by molar-refractivity contribution is -0.134. The van der Waals surface area contributed by atoms with Crippen LogP contribution in [0.2, 0.25) is 0 Å². The molecule has 2 heterocycles. The maximum absolute atomic E-state index is 12.5. The van der Waals surface area contributed by atoms with E-state index >= 15 is 0 Å². The Morgan fingerprint density at radius 2 is 2.10 bits per heavy atom. The number of aliphatic carboxylic acids is 1. The molecule has 0 atom stereocenters.